The Labute approximate surface area is 77.9 Å². The molecule has 0 aromatic rings. The standard InChI is InChI=1S/C8H17N3O2/c9-7-1-4-11(5-2-7)6-3-10-8(12)13/h7,10H,1-6,9H2,(H,12,13). The van der Waals surface area contributed by atoms with Gasteiger partial charge in [0, 0.05) is 19.1 Å². The van der Waals surface area contributed by atoms with Gasteiger partial charge in [0.15, 0.2) is 0 Å². The van der Waals surface area contributed by atoms with Crippen LogP contribution in [0.15, 0.2) is 0 Å². The fourth-order valence-corrected chi connectivity index (χ4v) is 1.50. The summed E-state index contributed by atoms with van der Waals surface area (Å²) in [5, 5.41) is 10.7. The van der Waals surface area contributed by atoms with Crippen molar-refractivity contribution in [3.8, 4) is 0 Å². The minimum Gasteiger partial charge on any atom is -0.465 e. The topological polar surface area (TPSA) is 78.6 Å². The van der Waals surface area contributed by atoms with Crippen LogP contribution in [0, 0.1) is 0 Å². The summed E-state index contributed by atoms with van der Waals surface area (Å²) in [5.41, 5.74) is 5.74. The average molecular weight is 187 g/mol. The molecule has 0 aromatic heterocycles. The number of likely N-dealkylation sites (tertiary alicyclic amines) is 1. The number of nitrogens with one attached hydrogen (secondary N) is 1. The van der Waals surface area contributed by atoms with Gasteiger partial charge in [-0.2, -0.15) is 0 Å². The van der Waals surface area contributed by atoms with Crippen molar-refractivity contribution in [3.63, 3.8) is 0 Å². The number of carbonyl (C=O) groups is 1. The monoisotopic (exact) mass is 187 g/mol. The zero-order valence-corrected chi connectivity index (χ0v) is 7.70. The number of piperidine rings is 1. The molecule has 76 valence electrons. The van der Waals surface area contributed by atoms with E-state index < -0.39 is 6.09 Å². The molecule has 1 rings (SSSR count). The molecule has 5 heteroatoms. The fraction of sp³-hybridized carbons (Fsp3) is 0.875. The molecule has 1 aliphatic heterocycles. The highest BCUT2D eigenvalue weighted by atomic mass is 16.4. The van der Waals surface area contributed by atoms with E-state index in [0.29, 0.717) is 12.6 Å². The minimum atomic E-state index is -0.950. The Morgan fingerprint density at radius 2 is 2.15 bits per heavy atom. The van der Waals surface area contributed by atoms with Crippen LogP contribution in [-0.4, -0.2) is 48.3 Å². The van der Waals surface area contributed by atoms with Gasteiger partial charge in [0.05, 0.1) is 0 Å². The molecule has 1 fully saturated rings. The van der Waals surface area contributed by atoms with Crippen molar-refractivity contribution in [2.45, 2.75) is 18.9 Å². The van der Waals surface area contributed by atoms with Gasteiger partial charge in [-0.3, -0.25) is 0 Å². The van der Waals surface area contributed by atoms with Gasteiger partial charge in [0.1, 0.15) is 0 Å². The molecular weight excluding hydrogens is 170 g/mol. The van der Waals surface area contributed by atoms with Gasteiger partial charge in [-0.1, -0.05) is 0 Å². The molecule has 0 aromatic carbocycles. The summed E-state index contributed by atoms with van der Waals surface area (Å²) >= 11 is 0. The second-order valence-electron chi connectivity index (χ2n) is 3.41. The Balaban J connectivity index is 2.05. The summed E-state index contributed by atoms with van der Waals surface area (Å²) in [6.45, 7) is 3.27. The third kappa shape index (κ3) is 4.10. The molecule has 1 saturated heterocycles. The number of carboxylic acid groups (broad SMARTS) is 1. The van der Waals surface area contributed by atoms with Crippen molar-refractivity contribution in [2.24, 2.45) is 5.73 Å². The maximum Gasteiger partial charge on any atom is 0.404 e. The molecule has 0 saturated carbocycles. The van der Waals surface area contributed by atoms with Crippen LogP contribution in [0.4, 0.5) is 4.79 Å². The molecule has 5 nitrogen and oxygen atoms in total. The van der Waals surface area contributed by atoms with E-state index in [2.05, 4.69) is 10.2 Å². The van der Waals surface area contributed by atoms with Crippen molar-refractivity contribution in [1.82, 2.24) is 10.2 Å². The normalized spacial score (nSPS) is 20.1. The lowest BCUT2D eigenvalue weighted by Gasteiger charge is -2.29. The molecule has 1 aliphatic rings. The van der Waals surface area contributed by atoms with E-state index in [4.69, 9.17) is 10.8 Å². The molecule has 0 radical (unpaired) electrons. The van der Waals surface area contributed by atoms with Crippen LogP contribution < -0.4 is 11.1 Å². The van der Waals surface area contributed by atoms with E-state index >= 15 is 0 Å². The number of rotatable bonds is 3. The summed E-state index contributed by atoms with van der Waals surface area (Å²) in [6, 6.07) is 0.337. The second-order valence-corrected chi connectivity index (χ2v) is 3.41. The summed E-state index contributed by atoms with van der Waals surface area (Å²) in [7, 11) is 0. The van der Waals surface area contributed by atoms with Crippen molar-refractivity contribution in [1.29, 1.82) is 0 Å². The quantitative estimate of drug-likeness (QED) is 0.565. The van der Waals surface area contributed by atoms with Crippen LogP contribution >= 0.6 is 0 Å². The largest absolute Gasteiger partial charge is 0.465 e. The van der Waals surface area contributed by atoms with Crippen molar-refractivity contribution >= 4 is 6.09 Å². The Bertz CT molecular complexity index is 167. The highest BCUT2D eigenvalue weighted by Crippen LogP contribution is 2.06. The lowest BCUT2D eigenvalue weighted by molar-refractivity contribution is 0.185. The summed E-state index contributed by atoms with van der Waals surface area (Å²) in [5.74, 6) is 0. The third-order valence-corrected chi connectivity index (χ3v) is 2.34. The molecule has 0 unspecified atom stereocenters. The van der Waals surface area contributed by atoms with E-state index in [1.54, 1.807) is 0 Å². The van der Waals surface area contributed by atoms with Crippen LogP contribution in [0.1, 0.15) is 12.8 Å². The molecule has 1 amide bonds. The summed E-state index contributed by atoms with van der Waals surface area (Å²) < 4.78 is 0. The molecule has 0 bridgehead atoms. The van der Waals surface area contributed by atoms with Crippen LogP contribution in [0.3, 0.4) is 0 Å². The molecule has 1 heterocycles. The van der Waals surface area contributed by atoms with Gasteiger partial charge in [0.2, 0.25) is 0 Å². The molecular formula is C8H17N3O2. The fourth-order valence-electron chi connectivity index (χ4n) is 1.50. The lowest BCUT2D eigenvalue weighted by Crippen LogP contribution is -2.42. The highest BCUT2D eigenvalue weighted by molar-refractivity contribution is 5.64. The van der Waals surface area contributed by atoms with E-state index in [-0.39, 0.29) is 0 Å². The van der Waals surface area contributed by atoms with Gasteiger partial charge < -0.3 is 21.1 Å². The number of nitrogens with zero attached hydrogens (tertiary/aromatic N) is 1. The predicted molar refractivity (Wildman–Crippen MR) is 49.7 cm³/mol. The predicted octanol–water partition coefficient (Wildman–Crippen LogP) is -0.323. The van der Waals surface area contributed by atoms with Crippen molar-refractivity contribution < 1.29 is 9.90 Å². The molecule has 0 aliphatic carbocycles. The maximum atomic E-state index is 10.1. The summed E-state index contributed by atoms with van der Waals surface area (Å²) in [6.07, 6.45) is 1.09. The lowest BCUT2D eigenvalue weighted by atomic mass is 10.1. The average Bonchev–Trinajstić information content (AvgIpc) is 2.08. The maximum absolute atomic E-state index is 10.1. The van der Waals surface area contributed by atoms with Crippen LogP contribution in [0.25, 0.3) is 0 Å². The Hall–Kier alpha value is -0.810. The van der Waals surface area contributed by atoms with Gasteiger partial charge in [0.25, 0.3) is 0 Å². The first-order valence-electron chi connectivity index (χ1n) is 4.63. The van der Waals surface area contributed by atoms with Crippen LogP contribution in [0.2, 0.25) is 0 Å². The van der Waals surface area contributed by atoms with Gasteiger partial charge in [-0.25, -0.2) is 4.79 Å². The van der Waals surface area contributed by atoms with Crippen molar-refractivity contribution in [3.05, 3.63) is 0 Å². The first-order chi connectivity index (χ1) is 6.18. The van der Waals surface area contributed by atoms with Crippen molar-refractivity contribution in [2.75, 3.05) is 26.2 Å². The Morgan fingerprint density at radius 3 is 2.69 bits per heavy atom. The highest BCUT2D eigenvalue weighted by Gasteiger charge is 2.15. The van der Waals surface area contributed by atoms with Gasteiger partial charge >= 0.3 is 6.09 Å². The Kier molecular flexibility index (Phi) is 3.98. The first kappa shape index (κ1) is 10.3. The van der Waals surface area contributed by atoms with Crippen LogP contribution in [0.5, 0.6) is 0 Å². The van der Waals surface area contributed by atoms with E-state index in [0.717, 1.165) is 32.5 Å². The number of amides is 1. The van der Waals surface area contributed by atoms with E-state index in [1.165, 1.54) is 0 Å². The zero-order valence-electron chi connectivity index (χ0n) is 7.70. The summed E-state index contributed by atoms with van der Waals surface area (Å²) in [4.78, 5) is 12.4. The second kappa shape index (κ2) is 5.04. The number of hydrogen-bond donors (Lipinski definition) is 3. The van der Waals surface area contributed by atoms with Crippen LogP contribution in [-0.2, 0) is 0 Å². The van der Waals surface area contributed by atoms with E-state index in [9.17, 15) is 4.79 Å². The smallest absolute Gasteiger partial charge is 0.404 e. The first-order valence-corrected chi connectivity index (χ1v) is 4.63. The molecule has 13 heavy (non-hydrogen) atoms. The SMILES string of the molecule is NC1CCN(CCNC(=O)O)CC1. The van der Waals surface area contributed by atoms with E-state index in [1.807, 2.05) is 0 Å². The number of nitrogens with two attached hydrogens (primary N) is 1. The zero-order chi connectivity index (χ0) is 9.68. The molecule has 4 N–H and O–H groups in total. The van der Waals surface area contributed by atoms with Gasteiger partial charge in [-0.05, 0) is 25.9 Å². The number of hydrogen-bond acceptors (Lipinski definition) is 3. The molecule has 0 spiro atoms. The minimum absolute atomic E-state index is 0.337. The third-order valence-electron chi connectivity index (χ3n) is 2.34. The van der Waals surface area contributed by atoms with Gasteiger partial charge in [-0.15, -0.1) is 0 Å². The molecule has 0 atom stereocenters. The Morgan fingerprint density at radius 1 is 1.54 bits per heavy atom.